The van der Waals surface area contributed by atoms with Crippen LogP contribution in [0.1, 0.15) is 12.5 Å². The first-order valence-electron chi connectivity index (χ1n) is 6.28. The molecule has 0 saturated carbocycles. The van der Waals surface area contributed by atoms with Gasteiger partial charge < -0.3 is 10.1 Å². The number of ether oxygens (including phenoxy) is 1. The first-order valence-corrected chi connectivity index (χ1v) is 7.16. The van der Waals surface area contributed by atoms with Crippen LogP contribution in [-0.4, -0.2) is 30.8 Å². The molecule has 1 aromatic carbocycles. The molecule has 0 aromatic heterocycles. The molecule has 0 heterocycles. The van der Waals surface area contributed by atoms with Crippen LogP contribution in [0.3, 0.4) is 0 Å². The standard InChI is InChI=1S/C15H19NO3S/c1-11-6-8-13(9-7-11)20-12(2)15(18)16-10-4-5-14(17)19-3/h4-9,12H,10H2,1-3H3,(H,16,18)/b5-4+. The predicted octanol–water partition coefficient (Wildman–Crippen LogP) is 2.32. The topological polar surface area (TPSA) is 55.4 Å². The quantitative estimate of drug-likeness (QED) is 0.497. The second kappa shape index (κ2) is 8.43. The van der Waals surface area contributed by atoms with Crippen LogP contribution in [0.4, 0.5) is 0 Å². The Kier molecular flexibility index (Phi) is 6.87. The molecule has 0 spiro atoms. The molecule has 0 saturated heterocycles. The van der Waals surface area contributed by atoms with E-state index >= 15 is 0 Å². The van der Waals surface area contributed by atoms with E-state index in [1.54, 1.807) is 6.08 Å². The van der Waals surface area contributed by atoms with Crippen LogP contribution in [-0.2, 0) is 14.3 Å². The minimum absolute atomic E-state index is 0.0647. The average molecular weight is 293 g/mol. The smallest absolute Gasteiger partial charge is 0.330 e. The Morgan fingerprint density at radius 3 is 2.60 bits per heavy atom. The van der Waals surface area contributed by atoms with Gasteiger partial charge in [0.15, 0.2) is 0 Å². The molecule has 1 atom stereocenters. The van der Waals surface area contributed by atoms with Crippen molar-refractivity contribution in [3.63, 3.8) is 0 Å². The fourth-order valence-corrected chi connectivity index (χ4v) is 2.29. The second-order valence-corrected chi connectivity index (χ2v) is 5.66. The second-order valence-electron chi connectivity index (χ2n) is 4.24. The number of rotatable bonds is 6. The molecule has 1 amide bonds. The molecule has 0 bridgehead atoms. The summed E-state index contributed by atoms with van der Waals surface area (Å²) in [5, 5.41) is 2.55. The van der Waals surface area contributed by atoms with E-state index in [-0.39, 0.29) is 11.2 Å². The van der Waals surface area contributed by atoms with Gasteiger partial charge in [-0.3, -0.25) is 4.79 Å². The number of nitrogens with one attached hydrogen (secondary N) is 1. The maximum absolute atomic E-state index is 11.8. The van der Waals surface area contributed by atoms with E-state index in [9.17, 15) is 9.59 Å². The summed E-state index contributed by atoms with van der Waals surface area (Å²) in [6.45, 7) is 4.19. The Labute approximate surface area is 123 Å². The number of benzene rings is 1. The van der Waals surface area contributed by atoms with Crippen LogP contribution in [0, 0.1) is 6.92 Å². The van der Waals surface area contributed by atoms with Gasteiger partial charge in [0.25, 0.3) is 0 Å². The van der Waals surface area contributed by atoms with Gasteiger partial charge in [0.1, 0.15) is 0 Å². The summed E-state index contributed by atoms with van der Waals surface area (Å²) >= 11 is 1.50. The number of aryl methyl sites for hydroxylation is 1. The molecule has 0 aliphatic carbocycles. The summed E-state index contributed by atoms with van der Waals surface area (Å²) in [7, 11) is 1.31. The van der Waals surface area contributed by atoms with Crippen molar-refractivity contribution in [2.45, 2.75) is 24.0 Å². The summed E-state index contributed by atoms with van der Waals surface area (Å²) in [5.74, 6) is -0.494. The fraction of sp³-hybridized carbons (Fsp3) is 0.333. The van der Waals surface area contributed by atoms with Crippen molar-refractivity contribution in [3.8, 4) is 0 Å². The van der Waals surface area contributed by atoms with E-state index in [1.807, 2.05) is 38.1 Å². The maximum Gasteiger partial charge on any atom is 0.330 e. The average Bonchev–Trinajstić information content (AvgIpc) is 2.45. The Balaban J connectivity index is 2.37. The third-order valence-corrected chi connectivity index (χ3v) is 3.66. The molecule has 4 nitrogen and oxygen atoms in total. The van der Waals surface area contributed by atoms with Gasteiger partial charge >= 0.3 is 5.97 Å². The van der Waals surface area contributed by atoms with Gasteiger partial charge in [0.05, 0.1) is 12.4 Å². The van der Waals surface area contributed by atoms with Crippen molar-refractivity contribution in [3.05, 3.63) is 42.0 Å². The van der Waals surface area contributed by atoms with Crippen LogP contribution in [0.25, 0.3) is 0 Å². The largest absolute Gasteiger partial charge is 0.466 e. The SMILES string of the molecule is COC(=O)/C=C/CNC(=O)C(C)Sc1ccc(C)cc1. The molecular weight excluding hydrogens is 274 g/mol. The monoisotopic (exact) mass is 293 g/mol. The van der Waals surface area contributed by atoms with Crippen molar-refractivity contribution in [2.75, 3.05) is 13.7 Å². The Hall–Kier alpha value is -1.75. The number of thioether (sulfide) groups is 1. The van der Waals surface area contributed by atoms with E-state index in [1.165, 1.54) is 30.5 Å². The number of methoxy groups -OCH3 is 1. The Morgan fingerprint density at radius 1 is 1.35 bits per heavy atom. The van der Waals surface area contributed by atoms with Crippen molar-refractivity contribution in [1.29, 1.82) is 0 Å². The highest BCUT2D eigenvalue weighted by Crippen LogP contribution is 2.23. The number of carbonyl (C=O) groups is 2. The van der Waals surface area contributed by atoms with Gasteiger partial charge in [-0.15, -0.1) is 11.8 Å². The van der Waals surface area contributed by atoms with E-state index in [2.05, 4.69) is 10.1 Å². The molecule has 0 aliphatic heterocycles. The highest BCUT2D eigenvalue weighted by atomic mass is 32.2. The molecule has 0 fully saturated rings. The van der Waals surface area contributed by atoms with E-state index in [4.69, 9.17) is 0 Å². The van der Waals surface area contributed by atoms with Gasteiger partial charge in [-0.05, 0) is 26.0 Å². The Bertz CT molecular complexity index is 482. The lowest BCUT2D eigenvalue weighted by Gasteiger charge is -2.11. The lowest BCUT2D eigenvalue weighted by Crippen LogP contribution is -2.31. The van der Waals surface area contributed by atoms with Gasteiger partial charge in [0, 0.05) is 17.5 Å². The number of amides is 1. The summed E-state index contributed by atoms with van der Waals surface area (Å²) in [6, 6.07) is 8.04. The van der Waals surface area contributed by atoms with Crippen molar-refractivity contribution >= 4 is 23.6 Å². The molecule has 20 heavy (non-hydrogen) atoms. The van der Waals surface area contributed by atoms with E-state index in [0.717, 1.165) is 4.90 Å². The zero-order valence-electron chi connectivity index (χ0n) is 11.9. The first-order chi connectivity index (χ1) is 9.52. The zero-order chi connectivity index (χ0) is 15.0. The van der Waals surface area contributed by atoms with Gasteiger partial charge in [-0.2, -0.15) is 0 Å². The zero-order valence-corrected chi connectivity index (χ0v) is 12.7. The molecule has 1 unspecified atom stereocenters. The minimum atomic E-state index is -0.429. The third kappa shape index (κ3) is 5.93. The van der Waals surface area contributed by atoms with Crippen molar-refractivity contribution in [2.24, 2.45) is 0 Å². The predicted molar refractivity (Wildman–Crippen MR) is 80.7 cm³/mol. The first kappa shape index (κ1) is 16.3. The van der Waals surface area contributed by atoms with Crippen molar-refractivity contribution < 1.29 is 14.3 Å². The van der Waals surface area contributed by atoms with E-state index in [0.29, 0.717) is 6.54 Å². The summed E-state index contributed by atoms with van der Waals surface area (Å²) in [5.41, 5.74) is 1.19. The molecule has 0 radical (unpaired) electrons. The van der Waals surface area contributed by atoms with Gasteiger partial charge in [0.2, 0.25) is 5.91 Å². The molecule has 1 aromatic rings. The molecule has 1 N–H and O–H groups in total. The maximum atomic E-state index is 11.8. The number of hydrogen-bond acceptors (Lipinski definition) is 4. The molecule has 1 rings (SSSR count). The molecule has 0 aliphatic rings. The molecular formula is C15H19NO3S. The van der Waals surface area contributed by atoms with Crippen LogP contribution in [0.2, 0.25) is 0 Å². The summed E-state index contributed by atoms with van der Waals surface area (Å²) in [6.07, 6.45) is 2.85. The Morgan fingerprint density at radius 2 is 2.00 bits per heavy atom. The van der Waals surface area contributed by atoms with Crippen LogP contribution in [0.15, 0.2) is 41.3 Å². The normalized spacial score (nSPS) is 12.2. The number of hydrogen-bond donors (Lipinski definition) is 1. The van der Waals surface area contributed by atoms with Gasteiger partial charge in [-0.25, -0.2) is 4.79 Å². The minimum Gasteiger partial charge on any atom is -0.466 e. The fourth-order valence-electron chi connectivity index (χ4n) is 1.40. The van der Waals surface area contributed by atoms with Crippen molar-refractivity contribution in [1.82, 2.24) is 5.32 Å². The van der Waals surface area contributed by atoms with Crippen LogP contribution < -0.4 is 5.32 Å². The number of carbonyl (C=O) groups excluding carboxylic acids is 2. The highest BCUT2D eigenvalue weighted by Gasteiger charge is 2.13. The lowest BCUT2D eigenvalue weighted by atomic mass is 10.2. The van der Waals surface area contributed by atoms with E-state index < -0.39 is 5.97 Å². The highest BCUT2D eigenvalue weighted by molar-refractivity contribution is 8.00. The molecule has 5 heteroatoms. The lowest BCUT2D eigenvalue weighted by molar-refractivity contribution is -0.134. The third-order valence-electron chi connectivity index (χ3n) is 2.55. The molecule has 108 valence electrons. The summed E-state index contributed by atoms with van der Waals surface area (Å²) in [4.78, 5) is 23.7. The summed E-state index contributed by atoms with van der Waals surface area (Å²) < 4.78 is 4.45. The van der Waals surface area contributed by atoms with Crippen LogP contribution in [0.5, 0.6) is 0 Å². The number of esters is 1. The van der Waals surface area contributed by atoms with Crippen LogP contribution >= 0.6 is 11.8 Å². The van der Waals surface area contributed by atoms with Gasteiger partial charge in [-0.1, -0.05) is 23.8 Å².